The molecule has 0 spiro atoms. The molecule has 0 fully saturated rings. The molecular weight excluding hydrogens is 172 g/mol. The van der Waals surface area contributed by atoms with Crippen molar-refractivity contribution in [2.24, 2.45) is 0 Å². The van der Waals surface area contributed by atoms with Crippen LogP contribution in [0.25, 0.3) is 0 Å². The molecule has 0 aromatic carbocycles. The summed E-state index contributed by atoms with van der Waals surface area (Å²) in [6, 6.07) is 0. The third-order valence-corrected chi connectivity index (χ3v) is 1.38. The Hall–Kier alpha value is -0.160. The fourth-order valence-corrected chi connectivity index (χ4v) is 0.610. The molecule has 0 saturated carbocycles. The second kappa shape index (κ2) is 14.4. The molecule has 4 nitrogen and oxygen atoms in total. The molecule has 0 unspecified atom stereocenters. The van der Waals surface area contributed by atoms with E-state index >= 15 is 0 Å². The highest BCUT2D eigenvalue weighted by Crippen LogP contribution is 1.95. The summed E-state index contributed by atoms with van der Waals surface area (Å²) >= 11 is 0. The van der Waals surface area contributed by atoms with E-state index in [-0.39, 0.29) is 13.2 Å². The van der Waals surface area contributed by atoms with E-state index in [1.165, 1.54) is 0 Å². The van der Waals surface area contributed by atoms with Crippen molar-refractivity contribution >= 4 is 0 Å². The molecule has 0 aliphatic heterocycles. The minimum Gasteiger partial charge on any atom is -0.396 e. The average molecular weight is 194 g/mol. The van der Waals surface area contributed by atoms with Gasteiger partial charge in [0.05, 0.1) is 0 Å². The van der Waals surface area contributed by atoms with E-state index in [1.807, 2.05) is 6.92 Å². The maximum atomic E-state index is 8.24. The molecule has 0 aliphatic carbocycles. The van der Waals surface area contributed by atoms with Crippen LogP contribution < -0.4 is 0 Å². The van der Waals surface area contributed by atoms with Gasteiger partial charge in [0.25, 0.3) is 0 Å². The van der Waals surface area contributed by atoms with Crippen LogP contribution in [0.2, 0.25) is 0 Å². The Morgan fingerprint density at radius 3 is 1.54 bits per heavy atom. The Bertz CT molecular complexity index is 72.0. The molecular formula is C9H22O4. The molecule has 4 heteroatoms. The van der Waals surface area contributed by atoms with Gasteiger partial charge in [0.2, 0.25) is 0 Å². The van der Waals surface area contributed by atoms with Gasteiger partial charge in [-0.2, -0.15) is 0 Å². The van der Waals surface area contributed by atoms with Gasteiger partial charge in [-0.25, -0.2) is 0 Å². The number of aliphatic hydroxyl groups is 4. The fraction of sp³-hybridized carbons (Fsp3) is 1.00. The Morgan fingerprint density at radius 1 is 0.923 bits per heavy atom. The van der Waals surface area contributed by atoms with Crippen LogP contribution in [0, 0.1) is 0 Å². The molecule has 0 aliphatic rings. The highest BCUT2D eigenvalue weighted by Gasteiger charge is 1.92. The number of aliphatic hydroxyl groups excluding tert-OH is 3. The van der Waals surface area contributed by atoms with E-state index in [0.717, 1.165) is 25.7 Å². The van der Waals surface area contributed by atoms with Crippen molar-refractivity contribution in [2.75, 3.05) is 13.2 Å². The zero-order valence-corrected chi connectivity index (χ0v) is 8.32. The molecule has 4 N–H and O–H groups in total. The predicted octanol–water partition coefficient (Wildman–Crippen LogP) is 0.238. The van der Waals surface area contributed by atoms with E-state index in [0.29, 0.717) is 6.42 Å². The summed E-state index contributed by atoms with van der Waals surface area (Å²) in [5.74, 6) is 0. The van der Waals surface area contributed by atoms with Crippen molar-refractivity contribution < 1.29 is 20.4 Å². The fourth-order valence-electron chi connectivity index (χ4n) is 0.610. The van der Waals surface area contributed by atoms with Crippen molar-refractivity contribution in [2.45, 2.75) is 45.3 Å². The summed E-state index contributed by atoms with van der Waals surface area (Å²) in [5.41, 5.74) is 0. The molecule has 0 rings (SSSR count). The van der Waals surface area contributed by atoms with Gasteiger partial charge in [0, 0.05) is 13.2 Å². The minimum atomic E-state index is -1.10. The number of rotatable bonds is 6. The number of hydrogen-bond donors (Lipinski definition) is 4. The topological polar surface area (TPSA) is 80.9 Å². The largest absolute Gasteiger partial charge is 0.396 e. The standard InChI is InChI=1S/C5H12O2.C4H10O2/c1-2-3-4-5(6)7;5-3-1-2-4-6/h5-7H,2-4H2,1H3;5-6H,1-4H2. The molecule has 0 aromatic rings. The van der Waals surface area contributed by atoms with Crippen molar-refractivity contribution in [1.29, 1.82) is 0 Å². The highest BCUT2D eigenvalue weighted by atomic mass is 16.5. The van der Waals surface area contributed by atoms with E-state index in [1.54, 1.807) is 0 Å². The molecule has 0 radical (unpaired) electrons. The van der Waals surface area contributed by atoms with Gasteiger partial charge in [-0.05, 0) is 25.7 Å². The summed E-state index contributed by atoms with van der Waals surface area (Å²) in [7, 11) is 0. The summed E-state index contributed by atoms with van der Waals surface area (Å²) in [4.78, 5) is 0. The second-order valence-electron chi connectivity index (χ2n) is 2.78. The van der Waals surface area contributed by atoms with Crippen LogP contribution >= 0.6 is 0 Å². The number of unbranched alkanes of at least 4 members (excludes halogenated alkanes) is 2. The van der Waals surface area contributed by atoms with Crippen LogP contribution in [-0.4, -0.2) is 39.9 Å². The SMILES string of the molecule is CCCCC(O)O.OCCCCO. The van der Waals surface area contributed by atoms with E-state index in [4.69, 9.17) is 20.4 Å². The van der Waals surface area contributed by atoms with Crippen LogP contribution in [0.3, 0.4) is 0 Å². The third kappa shape index (κ3) is 24.5. The quantitative estimate of drug-likeness (QED) is 0.360. The first-order chi connectivity index (χ1) is 6.18. The van der Waals surface area contributed by atoms with Gasteiger partial charge in [0.1, 0.15) is 0 Å². The molecule has 0 aromatic heterocycles. The van der Waals surface area contributed by atoms with Crippen LogP contribution in [0.1, 0.15) is 39.0 Å². The first-order valence-electron chi connectivity index (χ1n) is 4.76. The zero-order chi connectivity index (χ0) is 10.5. The Balaban J connectivity index is 0. The van der Waals surface area contributed by atoms with Crippen LogP contribution in [0.15, 0.2) is 0 Å². The lowest BCUT2D eigenvalue weighted by Crippen LogP contribution is -2.02. The molecule has 0 amide bonds. The van der Waals surface area contributed by atoms with Crippen molar-refractivity contribution in [1.82, 2.24) is 0 Å². The molecule has 82 valence electrons. The van der Waals surface area contributed by atoms with Crippen molar-refractivity contribution in [3.8, 4) is 0 Å². The van der Waals surface area contributed by atoms with Gasteiger partial charge in [0.15, 0.2) is 6.29 Å². The van der Waals surface area contributed by atoms with E-state index in [9.17, 15) is 0 Å². The van der Waals surface area contributed by atoms with Crippen LogP contribution in [0.4, 0.5) is 0 Å². The molecule has 0 atom stereocenters. The predicted molar refractivity (Wildman–Crippen MR) is 51.2 cm³/mol. The van der Waals surface area contributed by atoms with Crippen molar-refractivity contribution in [3.05, 3.63) is 0 Å². The minimum absolute atomic E-state index is 0.195. The summed E-state index contributed by atoms with van der Waals surface area (Å²) in [5, 5.41) is 32.7. The van der Waals surface area contributed by atoms with Gasteiger partial charge in [-0.1, -0.05) is 13.3 Å². The van der Waals surface area contributed by atoms with Crippen molar-refractivity contribution in [3.63, 3.8) is 0 Å². The maximum Gasteiger partial charge on any atom is 0.151 e. The summed E-state index contributed by atoms with van der Waals surface area (Å²) < 4.78 is 0. The smallest absolute Gasteiger partial charge is 0.151 e. The molecule has 0 bridgehead atoms. The third-order valence-electron chi connectivity index (χ3n) is 1.38. The zero-order valence-electron chi connectivity index (χ0n) is 8.32. The monoisotopic (exact) mass is 194 g/mol. The molecule has 0 saturated heterocycles. The maximum absolute atomic E-state index is 8.24. The Morgan fingerprint density at radius 2 is 1.38 bits per heavy atom. The number of hydrogen-bond acceptors (Lipinski definition) is 4. The van der Waals surface area contributed by atoms with E-state index < -0.39 is 6.29 Å². The highest BCUT2D eigenvalue weighted by molar-refractivity contribution is 4.36. The van der Waals surface area contributed by atoms with Gasteiger partial charge in [-0.15, -0.1) is 0 Å². The first-order valence-corrected chi connectivity index (χ1v) is 4.76. The molecule has 0 heterocycles. The first kappa shape index (κ1) is 15.3. The van der Waals surface area contributed by atoms with Gasteiger partial charge < -0.3 is 20.4 Å². The Labute approximate surface area is 79.8 Å². The lowest BCUT2D eigenvalue weighted by Gasteiger charge is -1.97. The van der Waals surface area contributed by atoms with Gasteiger partial charge >= 0.3 is 0 Å². The van der Waals surface area contributed by atoms with Crippen LogP contribution in [0.5, 0.6) is 0 Å². The lowest BCUT2D eigenvalue weighted by atomic mass is 10.2. The second-order valence-corrected chi connectivity index (χ2v) is 2.78. The summed E-state index contributed by atoms with van der Waals surface area (Å²) in [6.07, 6.45) is 2.78. The normalized spacial score (nSPS) is 9.69. The summed E-state index contributed by atoms with van der Waals surface area (Å²) in [6.45, 7) is 2.41. The Kier molecular flexibility index (Phi) is 16.9. The van der Waals surface area contributed by atoms with Crippen LogP contribution in [-0.2, 0) is 0 Å². The van der Waals surface area contributed by atoms with E-state index in [2.05, 4.69) is 0 Å². The van der Waals surface area contributed by atoms with Gasteiger partial charge in [-0.3, -0.25) is 0 Å². The lowest BCUT2D eigenvalue weighted by molar-refractivity contribution is -0.0463. The average Bonchev–Trinajstić information content (AvgIpc) is 2.12. The molecule has 13 heavy (non-hydrogen) atoms.